The van der Waals surface area contributed by atoms with Crippen molar-refractivity contribution in [2.75, 3.05) is 6.54 Å². The summed E-state index contributed by atoms with van der Waals surface area (Å²) in [5.41, 5.74) is 0. The summed E-state index contributed by atoms with van der Waals surface area (Å²) in [6, 6.07) is -0.392. The van der Waals surface area contributed by atoms with Crippen molar-refractivity contribution in [3.05, 3.63) is 0 Å². The van der Waals surface area contributed by atoms with E-state index in [1.165, 1.54) is 19.3 Å². The van der Waals surface area contributed by atoms with E-state index in [1.54, 1.807) is 0 Å². The zero-order valence-corrected chi connectivity index (χ0v) is 9.55. The lowest BCUT2D eigenvalue weighted by molar-refractivity contribution is -0.140. The molecule has 3 heteroatoms. The molecule has 0 saturated heterocycles. The second kappa shape index (κ2) is 7.80. The Kier molecular flexibility index (Phi) is 7.48. The quantitative estimate of drug-likeness (QED) is 0.592. The molecule has 0 heterocycles. The summed E-state index contributed by atoms with van der Waals surface area (Å²) in [4.78, 5) is 10.8. The number of nitrogens with one attached hydrogen (secondary N) is 1. The van der Waals surface area contributed by atoms with Gasteiger partial charge in [-0.15, -0.1) is 0 Å². The minimum Gasteiger partial charge on any atom is -0.480 e. The first kappa shape index (κ1) is 13.4. The van der Waals surface area contributed by atoms with E-state index in [4.69, 9.17) is 5.11 Å². The van der Waals surface area contributed by atoms with Crippen molar-refractivity contribution < 1.29 is 9.90 Å². The SMILES string of the molecule is CCCCCCN[C@H](C(=O)O)C(C)C. The van der Waals surface area contributed by atoms with Gasteiger partial charge in [-0.05, 0) is 18.9 Å². The van der Waals surface area contributed by atoms with Gasteiger partial charge in [0.05, 0.1) is 0 Å². The molecule has 84 valence electrons. The van der Waals surface area contributed by atoms with E-state index in [0.29, 0.717) is 0 Å². The van der Waals surface area contributed by atoms with Gasteiger partial charge in [0.25, 0.3) is 0 Å². The van der Waals surface area contributed by atoms with Crippen LogP contribution < -0.4 is 5.32 Å². The molecular weight excluding hydrogens is 178 g/mol. The molecule has 0 unspecified atom stereocenters. The molecule has 1 atom stereocenters. The fraction of sp³-hybridized carbons (Fsp3) is 0.909. The Morgan fingerprint density at radius 1 is 1.29 bits per heavy atom. The van der Waals surface area contributed by atoms with Gasteiger partial charge >= 0.3 is 5.97 Å². The molecular formula is C11H23NO2. The van der Waals surface area contributed by atoms with E-state index in [9.17, 15) is 4.79 Å². The fourth-order valence-electron chi connectivity index (χ4n) is 1.42. The summed E-state index contributed by atoms with van der Waals surface area (Å²) in [5.74, 6) is -0.589. The lowest BCUT2D eigenvalue weighted by atomic mass is 10.0. The predicted octanol–water partition coefficient (Wildman–Crippen LogP) is 2.27. The molecule has 2 N–H and O–H groups in total. The molecule has 0 aliphatic rings. The molecule has 0 fully saturated rings. The third kappa shape index (κ3) is 5.97. The molecule has 14 heavy (non-hydrogen) atoms. The first-order chi connectivity index (χ1) is 6.59. The summed E-state index contributed by atoms with van der Waals surface area (Å²) in [5, 5.41) is 12.0. The van der Waals surface area contributed by atoms with Crippen molar-refractivity contribution in [2.24, 2.45) is 5.92 Å². The zero-order valence-electron chi connectivity index (χ0n) is 9.55. The molecule has 0 radical (unpaired) electrons. The van der Waals surface area contributed by atoms with Gasteiger partial charge in [-0.3, -0.25) is 4.79 Å². The molecule has 0 aromatic carbocycles. The van der Waals surface area contributed by atoms with E-state index >= 15 is 0 Å². The highest BCUT2D eigenvalue weighted by molar-refractivity contribution is 5.73. The van der Waals surface area contributed by atoms with Crippen molar-refractivity contribution in [3.63, 3.8) is 0 Å². The Balaban J connectivity index is 3.57. The average molecular weight is 201 g/mol. The molecule has 0 aromatic rings. The predicted molar refractivity (Wildman–Crippen MR) is 58.4 cm³/mol. The van der Waals surface area contributed by atoms with E-state index in [-0.39, 0.29) is 5.92 Å². The number of hydrogen-bond donors (Lipinski definition) is 2. The molecule has 0 bridgehead atoms. The summed E-state index contributed by atoms with van der Waals surface area (Å²) >= 11 is 0. The van der Waals surface area contributed by atoms with Crippen LogP contribution in [-0.4, -0.2) is 23.7 Å². The van der Waals surface area contributed by atoms with E-state index in [2.05, 4.69) is 12.2 Å². The summed E-state index contributed by atoms with van der Waals surface area (Å²) in [7, 11) is 0. The molecule has 3 nitrogen and oxygen atoms in total. The first-order valence-electron chi connectivity index (χ1n) is 5.55. The van der Waals surface area contributed by atoms with Crippen LogP contribution in [0.5, 0.6) is 0 Å². The Morgan fingerprint density at radius 2 is 1.93 bits per heavy atom. The van der Waals surface area contributed by atoms with E-state index in [0.717, 1.165) is 13.0 Å². The van der Waals surface area contributed by atoms with Gasteiger partial charge in [0, 0.05) is 0 Å². The number of aliphatic carboxylic acids is 1. The second-order valence-corrected chi connectivity index (χ2v) is 4.07. The highest BCUT2D eigenvalue weighted by Crippen LogP contribution is 2.03. The van der Waals surface area contributed by atoms with Gasteiger partial charge < -0.3 is 10.4 Å². The summed E-state index contributed by atoms with van der Waals surface area (Å²) in [6.45, 7) is 6.84. The van der Waals surface area contributed by atoms with Crippen molar-refractivity contribution in [1.82, 2.24) is 5.32 Å². The largest absolute Gasteiger partial charge is 0.480 e. The lowest BCUT2D eigenvalue weighted by Crippen LogP contribution is -2.41. The van der Waals surface area contributed by atoms with Gasteiger partial charge in [0.15, 0.2) is 0 Å². The Bertz CT molecular complexity index is 157. The lowest BCUT2D eigenvalue weighted by Gasteiger charge is -2.17. The van der Waals surface area contributed by atoms with Crippen molar-refractivity contribution in [2.45, 2.75) is 52.5 Å². The Labute approximate surface area is 86.9 Å². The summed E-state index contributed by atoms with van der Waals surface area (Å²) < 4.78 is 0. The topological polar surface area (TPSA) is 49.3 Å². The monoisotopic (exact) mass is 201 g/mol. The molecule has 0 aliphatic heterocycles. The van der Waals surface area contributed by atoms with Crippen LogP contribution in [0.1, 0.15) is 46.5 Å². The molecule has 0 amide bonds. The van der Waals surface area contributed by atoms with Gasteiger partial charge in [0.2, 0.25) is 0 Å². The molecule has 0 saturated carbocycles. The third-order valence-electron chi connectivity index (χ3n) is 2.33. The average Bonchev–Trinajstić information content (AvgIpc) is 2.09. The number of carboxylic acid groups (broad SMARTS) is 1. The normalized spacial score (nSPS) is 13.1. The van der Waals surface area contributed by atoms with E-state index in [1.807, 2.05) is 13.8 Å². The third-order valence-corrected chi connectivity index (χ3v) is 2.33. The van der Waals surface area contributed by atoms with Crippen LogP contribution in [0.4, 0.5) is 0 Å². The van der Waals surface area contributed by atoms with Crippen LogP contribution in [0.2, 0.25) is 0 Å². The van der Waals surface area contributed by atoms with Crippen LogP contribution in [0.25, 0.3) is 0 Å². The number of hydrogen-bond acceptors (Lipinski definition) is 2. The standard InChI is InChI=1S/C11H23NO2/c1-4-5-6-7-8-12-10(9(2)3)11(13)14/h9-10,12H,4-8H2,1-3H3,(H,13,14)/t10-/m0/s1. The summed E-state index contributed by atoms with van der Waals surface area (Å²) in [6.07, 6.45) is 4.71. The molecule has 0 aromatic heterocycles. The zero-order chi connectivity index (χ0) is 11.0. The highest BCUT2D eigenvalue weighted by atomic mass is 16.4. The Hall–Kier alpha value is -0.570. The number of unbranched alkanes of at least 4 members (excludes halogenated alkanes) is 3. The Morgan fingerprint density at radius 3 is 2.36 bits per heavy atom. The maximum atomic E-state index is 10.8. The minimum absolute atomic E-state index is 0.152. The smallest absolute Gasteiger partial charge is 0.320 e. The second-order valence-electron chi connectivity index (χ2n) is 4.07. The number of carboxylic acids is 1. The minimum atomic E-state index is -0.740. The molecule has 0 aliphatic carbocycles. The first-order valence-corrected chi connectivity index (χ1v) is 5.55. The van der Waals surface area contributed by atoms with Crippen LogP contribution in [0.15, 0.2) is 0 Å². The number of carbonyl (C=O) groups is 1. The van der Waals surface area contributed by atoms with Gasteiger partial charge in [-0.2, -0.15) is 0 Å². The van der Waals surface area contributed by atoms with Crippen LogP contribution >= 0.6 is 0 Å². The van der Waals surface area contributed by atoms with E-state index < -0.39 is 12.0 Å². The fourth-order valence-corrected chi connectivity index (χ4v) is 1.42. The van der Waals surface area contributed by atoms with Gasteiger partial charge in [-0.25, -0.2) is 0 Å². The maximum Gasteiger partial charge on any atom is 0.320 e. The van der Waals surface area contributed by atoms with Gasteiger partial charge in [0.1, 0.15) is 6.04 Å². The van der Waals surface area contributed by atoms with Crippen LogP contribution in [0.3, 0.4) is 0 Å². The van der Waals surface area contributed by atoms with Crippen molar-refractivity contribution >= 4 is 5.97 Å². The highest BCUT2D eigenvalue weighted by Gasteiger charge is 2.19. The number of rotatable bonds is 8. The van der Waals surface area contributed by atoms with Gasteiger partial charge in [-0.1, -0.05) is 40.0 Å². The molecule has 0 rings (SSSR count). The van der Waals surface area contributed by atoms with Crippen molar-refractivity contribution in [3.8, 4) is 0 Å². The molecule has 0 spiro atoms. The van der Waals surface area contributed by atoms with Crippen LogP contribution in [-0.2, 0) is 4.79 Å². The van der Waals surface area contributed by atoms with Crippen LogP contribution in [0, 0.1) is 5.92 Å². The maximum absolute atomic E-state index is 10.8. The van der Waals surface area contributed by atoms with Crippen molar-refractivity contribution in [1.29, 1.82) is 0 Å².